The summed E-state index contributed by atoms with van der Waals surface area (Å²) in [5.74, 6) is -0.219. The zero-order chi connectivity index (χ0) is 10.9. The number of carbonyl (C=O) groups is 2. The van der Waals surface area contributed by atoms with Crippen LogP contribution in [0, 0.1) is 0 Å². The van der Waals surface area contributed by atoms with Gasteiger partial charge in [0, 0.05) is 6.54 Å². The van der Waals surface area contributed by atoms with Gasteiger partial charge in [-0.05, 0) is 27.2 Å². The van der Waals surface area contributed by atoms with E-state index in [0.717, 1.165) is 4.90 Å². The van der Waals surface area contributed by atoms with Gasteiger partial charge in [-0.1, -0.05) is 15.9 Å². The molecule has 1 atom stereocenters. The van der Waals surface area contributed by atoms with E-state index in [1.54, 1.807) is 20.8 Å². The van der Waals surface area contributed by atoms with Crippen LogP contribution in [-0.2, 0) is 9.53 Å². The largest absolute Gasteiger partial charge is 0.446 e. The summed E-state index contributed by atoms with van der Waals surface area (Å²) in [6.07, 6.45) is -0.121. The molecule has 1 rings (SSSR count). The molecule has 0 saturated carbocycles. The van der Waals surface area contributed by atoms with Crippen molar-refractivity contribution in [3.8, 4) is 0 Å². The van der Waals surface area contributed by atoms with Gasteiger partial charge in [0.15, 0.2) is 0 Å². The first-order chi connectivity index (χ1) is 6.34. The van der Waals surface area contributed by atoms with Crippen molar-refractivity contribution < 1.29 is 14.3 Å². The molecule has 80 valence electrons. The Morgan fingerprint density at radius 3 is 2.57 bits per heavy atom. The molecule has 0 aromatic heterocycles. The van der Waals surface area contributed by atoms with Crippen LogP contribution in [0.15, 0.2) is 0 Å². The zero-order valence-electron chi connectivity index (χ0n) is 8.54. The Balaban J connectivity index is 2.64. The Bertz CT molecular complexity index is 263. The van der Waals surface area contributed by atoms with Gasteiger partial charge in [-0.2, -0.15) is 0 Å². The summed E-state index contributed by atoms with van der Waals surface area (Å²) in [4.78, 5) is 24.2. The number of hydrogen-bond acceptors (Lipinski definition) is 3. The van der Waals surface area contributed by atoms with E-state index in [0.29, 0.717) is 13.0 Å². The molecule has 0 N–H and O–H groups in total. The number of halogens is 1. The van der Waals surface area contributed by atoms with E-state index in [1.807, 2.05) is 0 Å². The van der Waals surface area contributed by atoms with Crippen LogP contribution in [0.4, 0.5) is 4.79 Å². The SMILES string of the molecule is CC(C)OC(=O)N1CCC(C)(Br)C1=O. The zero-order valence-corrected chi connectivity index (χ0v) is 10.1. The Morgan fingerprint density at radius 1 is 1.64 bits per heavy atom. The molecule has 2 amide bonds. The molecule has 1 heterocycles. The normalized spacial score (nSPS) is 27.2. The van der Waals surface area contributed by atoms with Gasteiger partial charge in [0.1, 0.15) is 4.32 Å². The lowest BCUT2D eigenvalue weighted by molar-refractivity contribution is -0.127. The first-order valence-corrected chi connectivity index (χ1v) is 5.35. The van der Waals surface area contributed by atoms with Crippen molar-refractivity contribution in [1.29, 1.82) is 0 Å². The Hall–Kier alpha value is -0.580. The quantitative estimate of drug-likeness (QED) is 0.680. The summed E-state index contributed by atoms with van der Waals surface area (Å²) in [5.41, 5.74) is 0. The first-order valence-electron chi connectivity index (χ1n) is 4.56. The first kappa shape index (κ1) is 11.5. The average Bonchev–Trinajstić information content (AvgIpc) is 2.26. The van der Waals surface area contributed by atoms with Gasteiger partial charge in [-0.3, -0.25) is 4.79 Å². The number of imide groups is 1. The molecule has 0 radical (unpaired) electrons. The smallest absolute Gasteiger partial charge is 0.416 e. The molecule has 1 fully saturated rings. The second kappa shape index (κ2) is 3.88. The molecule has 0 spiro atoms. The molecule has 1 unspecified atom stereocenters. The molecule has 0 aliphatic carbocycles. The van der Waals surface area contributed by atoms with E-state index >= 15 is 0 Å². The van der Waals surface area contributed by atoms with Crippen LogP contribution in [-0.4, -0.2) is 33.9 Å². The van der Waals surface area contributed by atoms with Crippen LogP contribution >= 0.6 is 15.9 Å². The highest BCUT2D eigenvalue weighted by Gasteiger charge is 2.44. The van der Waals surface area contributed by atoms with Crippen LogP contribution < -0.4 is 0 Å². The van der Waals surface area contributed by atoms with Gasteiger partial charge in [-0.15, -0.1) is 0 Å². The molecule has 14 heavy (non-hydrogen) atoms. The third-order valence-electron chi connectivity index (χ3n) is 2.05. The molecule has 5 heteroatoms. The third-order valence-corrected chi connectivity index (χ3v) is 2.79. The topological polar surface area (TPSA) is 46.6 Å². The van der Waals surface area contributed by atoms with E-state index in [1.165, 1.54) is 0 Å². The van der Waals surface area contributed by atoms with Gasteiger partial charge in [0.25, 0.3) is 0 Å². The maximum Gasteiger partial charge on any atom is 0.416 e. The van der Waals surface area contributed by atoms with E-state index in [4.69, 9.17) is 4.74 Å². The number of ether oxygens (including phenoxy) is 1. The summed E-state index contributed by atoms with van der Waals surface area (Å²) in [6, 6.07) is 0. The van der Waals surface area contributed by atoms with Crippen molar-refractivity contribution >= 4 is 27.9 Å². The minimum absolute atomic E-state index is 0.197. The Morgan fingerprint density at radius 2 is 2.21 bits per heavy atom. The van der Waals surface area contributed by atoms with Crippen molar-refractivity contribution in [2.45, 2.75) is 37.6 Å². The van der Waals surface area contributed by atoms with Crippen LogP contribution in [0.5, 0.6) is 0 Å². The average molecular weight is 264 g/mol. The van der Waals surface area contributed by atoms with Crippen LogP contribution in [0.3, 0.4) is 0 Å². The molecule has 1 saturated heterocycles. The number of hydrogen-bond donors (Lipinski definition) is 0. The summed E-state index contributed by atoms with van der Waals surface area (Å²) in [7, 11) is 0. The third kappa shape index (κ3) is 2.26. The highest BCUT2D eigenvalue weighted by atomic mass is 79.9. The Labute approximate surface area is 91.7 Å². The lowest BCUT2D eigenvalue weighted by Gasteiger charge is -2.17. The number of amides is 2. The van der Waals surface area contributed by atoms with E-state index < -0.39 is 10.4 Å². The Kier molecular flexibility index (Phi) is 3.19. The monoisotopic (exact) mass is 263 g/mol. The number of likely N-dealkylation sites (tertiary alicyclic amines) is 1. The maximum absolute atomic E-state index is 11.6. The van der Waals surface area contributed by atoms with Crippen molar-refractivity contribution in [3.63, 3.8) is 0 Å². The summed E-state index contributed by atoms with van der Waals surface area (Å²) >= 11 is 3.28. The van der Waals surface area contributed by atoms with Gasteiger partial charge >= 0.3 is 6.09 Å². The summed E-state index contributed by atoms with van der Waals surface area (Å²) in [6.45, 7) is 5.70. The minimum Gasteiger partial charge on any atom is -0.446 e. The van der Waals surface area contributed by atoms with Crippen LogP contribution in [0.1, 0.15) is 27.2 Å². The number of nitrogens with zero attached hydrogens (tertiary/aromatic N) is 1. The van der Waals surface area contributed by atoms with Crippen molar-refractivity contribution in [1.82, 2.24) is 4.90 Å². The predicted octanol–water partition coefficient (Wildman–Crippen LogP) is 1.92. The second-order valence-electron chi connectivity index (χ2n) is 3.84. The molecular weight excluding hydrogens is 250 g/mol. The van der Waals surface area contributed by atoms with Crippen molar-refractivity contribution in [3.05, 3.63) is 0 Å². The van der Waals surface area contributed by atoms with E-state index in [2.05, 4.69) is 15.9 Å². The van der Waals surface area contributed by atoms with Gasteiger partial charge < -0.3 is 4.74 Å². The lowest BCUT2D eigenvalue weighted by Crippen LogP contribution is -2.38. The molecular formula is C9H14BrNO3. The van der Waals surface area contributed by atoms with E-state index in [-0.39, 0.29) is 12.0 Å². The molecule has 0 bridgehead atoms. The van der Waals surface area contributed by atoms with Gasteiger partial charge in [0.2, 0.25) is 5.91 Å². The minimum atomic E-state index is -0.608. The highest BCUT2D eigenvalue weighted by molar-refractivity contribution is 9.10. The molecule has 1 aliphatic rings. The lowest BCUT2D eigenvalue weighted by atomic mass is 10.1. The summed E-state index contributed by atoms with van der Waals surface area (Å²) in [5, 5.41) is 0. The number of carbonyl (C=O) groups excluding carboxylic acids is 2. The number of rotatable bonds is 1. The highest BCUT2D eigenvalue weighted by Crippen LogP contribution is 2.31. The van der Waals surface area contributed by atoms with E-state index in [9.17, 15) is 9.59 Å². The molecule has 4 nitrogen and oxygen atoms in total. The fourth-order valence-corrected chi connectivity index (χ4v) is 1.64. The fourth-order valence-electron chi connectivity index (χ4n) is 1.25. The van der Waals surface area contributed by atoms with Crippen molar-refractivity contribution in [2.24, 2.45) is 0 Å². The van der Waals surface area contributed by atoms with Gasteiger partial charge in [-0.25, -0.2) is 9.69 Å². The van der Waals surface area contributed by atoms with Gasteiger partial charge in [0.05, 0.1) is 6.10 Å². The standard InChI is InChI=1S/C9H14BrNO3/c1-6(2)14-8(13)11-5-4-9(3,10)7(11)12/h6H,4-5H2,1-3H3. The molecule has 0 aromatic rings. The maximum atomic E-state index is 11.6. The molecule has 1 aliphatic heterocycles. The summed E-state index contributed by atoms with van der Waals surface area (Å²) < 4.78 is 4.34. The predicted molar refractivity (Wildman–Crippen MR) is 55.3 cm³/mol. The van der Waals surface area contributed by atoms with Crippen LogP contribution in [0.2, 0.25) is 0 Å². The number of alkyl halides is 1. The van der Waals surface area contributed by atoms with Crippen molar-refractivity contribution in [2.75, 3.05) is 6.54 Å². The fraction of sp³-hybridized carbons (Fsp3) is 0.778. The van der Waals surface area contributed by atoms with Crippen LogP contribution in [0.25, 0.3) is 0 Å². The second-order valence-corrected chi connectivity index (χ2v) is 5.59. The molecule has 0 aromatic carbocycles.